The molecule has 2 aromatic rings. The lowest BCUT2D eigenvalue weighted by Crippen LogP contribution is -2.13. The van der Waals surface area contributed by atoms with E-state index in [0.29, 0.717) is 12.8 Å². The van der Waals surface area contributed by atoms with Crippen LogP contribution in [0.25, 0.3) is 0 Å². The summed E-state index contributed by atoms with van der Waals surface area (Å²) >= 11 is 0. The molecule has 0 aliphatic carbocycles. The zero-order valence-electron chi connectivity index (χ0n) is 11.6. The second-order valence-electron chi connectivity index (χ2n) is 4.69. The van der Waals surface area contributed by atoms with Gasteiger partial charge in [0.05, 0.1) is 0 Å². The fourth-order valence-electron chi connectivity index (χ4n) is 2.13. The molecule has 104 valence electrons. The first kappa shape index (κ1) is 14.1. The summed E-state index contributed by atoms with van der Waals surface area (Å²) in [6, 6.07) is 14.9. The predicted molar refractivity (Wildman–Crippen MR) is 80.9 cm³/mol. The molecule has 1 amide bonds. The molecule has 3 heteroatoms. The van der Waals surface area contributed by atoms with Crippen LogP contribution in [0, 0.1) is 0 Å². The van der Waals surface area contributed by atoms with E-state index in [-0.39, 0.29) is 11.7 Å². The lowest BCUT2D eigenvalue weighted by atomic mass is 10.1. The number of amides is 1. The molecule has 3 nitrogen and oxygen atoms in total. The molecule has 2 N–H and O–H groups in total. The smallest absolute Gasteiger partial charge is 0.224 e. The Kier molecular flexibility index (Phi) is 4.77. The van der Waals surface area contributed by atoms with Crippen molar-refractivity contribution in [3.8, 4) is 5.75 Å². The number of carbonyl (C=O) groups is 1. The summed E-state index contributed by atoms with van der Waals surface area (Å²) < 4.78 is 0. The molecule has 0 atom stereocenters. The van der Waals surface area contributed by atoms with E-state index in [9.17, 15) is 9.90 Å². The summed E-state index contributed by atoms with van der Waals surface area (Å²) in [5, 5.41) is 12.6. The molecule has 0 spiro atoms. The number of phenolic OH excluding ortho intramolecular Hbond substituents is 1. The van der Waals surface area contributed by atoms with Crippen LogP contribution in [-0.4, -0.2) is 11.0 Å². The molecule has 0 bridgehead atoms. The van der Waals surface area contributed by atoms with Crippen molar-refractivity contribution < 1.29 is 9.90 Å². The lowest BCUT2D eigenvalue weighted by Gasteiger charge is -2.10. The predicted octanol–water partition coefficient (Wildman–Crippen LogP) is 3.53. The molecule has 0 radical (unpaired) electrons. The molecule has 0 fully saturated rings. The number of nitrogens with one attached hydrogen (secondary N) is 1. The fraction of sp³-hybridized carbons (Fsp3) is 0.235. The van der Waals surface area contributed by atoms with E-state index in [1.165, 1.54) is 0 Å². The minimum atomic E-state index is -0.0332. The second-order valence-corrected chi connectivity index (χ2v) is 4.69. The quantitative estimate of drug-likeness (QED) is 0.872. The zero-order chi connectivity index (χ0) is 14.4. The van der Waals surface area contributed by atoms with Gasteiger partial charge in [0, 0.05) is 12.1 Å². The maximum atomic E-state index is 12.0. The topological polar surface area (TPSA) is 49.3 Å². The van der Waals surface area contributed by atoms with Gasteiger partial charge in [0.25, 0.3) is 0 Å². The Bertz CT molecular complexity index is 593. The van der Waals surface area contributed by atoms with Gasteiger partial charge in [0.15, 0.2) is 0 Å². The van der Waals surface area contributed by atoms with Crippen LogP contribution in [0.2, 0.25) is 0 Å². The van der Waals surface area contributed by atoms with Gasteiger partial charge in [-0.05, 0) is 36.1 Å². The molecular weight excluding hydrogens is 250 g/mol. The van der Waals surface area contributed by atoms with E-state index < -0.39 is 0 Å². The van der Waals surface area contributed by atoms with Crippen molar-refractivity contribution in [2.75, 3.05) is 5.32 Å². The van der Waals surface area contributed by atoms with E-state index in [4.69, 9.17) is 0 Å². The first-order valence-electron chi connectivity index (χ1n) is 6.85. The number of benzene rings is 2. The molecule has 0 aromatic heterocycles. The number of para-hydroxylation sites is 2. The summed E-state index contributed by atoms with van der Waals surface area (Å²) in [5.74, 6) is 0.211. The van der Waals surface area contributed by atoms with Crippen LogP contribution in [-0.2, 0) is 17.6 Å². The monoisotopic (exact) mass is 269 g/mol. The van der Waals surface area contributed by atoms with E-state index in [2.05, 4.69) is 12.2 Å². The molecular formula is C17H19NO2. The highest BCUT2D eigenvalue weighted by atomic mass is 16.3. The third-order valence-electron chi connectivity index (χ3n) is 3.29. The SMILES string of the molecule is CCc1ccccc1NC(=O)CCc1ccccc1O. The Morgan fingerprint density at radius 2 is 1.70 bits per heavy atom. The van der Waals surface area contributed by atoms with Gasteiger partial charge in [-0.1, -0.05) is 43.3 Å². The molecule has 2 rings (SSSR count). The Hall–Kier alpha value is -2.29. The second kappa shape index (κ2) is 6.75. The Balaban J connectivity index is 1.95. The number of aromatic hydroxyl groups is 1. The summed E-state index contributed by atoms with van der Waals surface area (Å²) in [5.41, 5.74) is 2.80. The first-order valence-corrected chi connectivity index (χ1v) is 6.85. The van der Waals surface area contributed by atoms with Gasteiger partial charge in [-0.2, -0.15) is 0 Å². The number of rotatable bonds is 5. The number of phenols is 1. The highest BCUT2D eigenvalue weighted by Crippen LogP contribution is 2.19. The Morgan fingerprint density at radius 3 is 2.40 bits per heavy atom. The van der Waals surface area contributed by atoms with Crippen LogP contribution < -0.4 is 5.32 Å². The van der Waals surface area contributed by atoms with Gasteiger partial charge in [0.2, 0.25) is 5.91 Å². The van der Waals surface area contributed by atoms with Crippen molar-refractivity contribution in [1.29, 1.82) is 0 Å². The highest BCUT2D eigenvalue weighted by Gasteiger charge is 2.07. The molecule has 20 heavy (non-hydrogen) atoms. The Labute approximate surface area is 119 Å². The third kappa shape index (κ3) is 3.60. The minimum absolute atomic E-state index is 0.0332. The van der Waals surface area contributed by atoms with Crippen molar-refractivity contribution in [2.45, 2.75) is 26.2 Å². The van der Waals surface area contributed by atoms with Gasteiger partial charge in [0.1, 0.15) is 5.75 Å². The maximum Gasteiger partial charge on any atom is 0.224 e. The summed E-state index contributed by atoms with van der Waals surface area (Å²) in [6.45, 7) is 2.06. The van der Waals surface area contributed by atoms with Crippen LogP contribution in [0.1, 0.15) is 24.5 Å². The van der Waals surface area contributed by atoms with Gasteiger partial charge in [-0.3, -0.25) is 4.79 Å². The molecule has 0 aliphatic heterocycles. The van der Waals surface area contributed by atoms with Crippen LogP contribution in [0.5, 0.6) is 5.75 Å². The molecule has 0 heterocycles. The van der Waals surface area contributed by atoms with Crippen LogP contribution in [0.15, 0.2) is 48.5 Å². The van der Waals surface area contributed by atoms with Crippen LogP contribution in [0.3, 0.4) is 0 Å². The van der Waals surface area contributed by atoms with Gasteiger partial charge < -0.3 is 10.4 Å². The van der Waals surface area contributed by atoms with Crippen molar-refractivity contribution in [3.63, 3.8) is 0 Å². The molecule has 0 unspecified atom stereocenters. The zero-order valence-corrected chi connectivity index (χ0v) is 11.6. The van der Waals surface area contributed by atoms with Gasteiger partial charge >= 0.3 is 0 Å². The van der Waals surface area contributed by atoms with Crippen LogP contribution >= 0.6 is 0 Å². The van der Waals surface area contributed by atoms with E-state index >= 15 is 0 Å². The van der Waals surface area contributed by atoms with Gasteiger partial charge in [-0.15, -0.1) is 0 Å². The average Bonchev–Trinajstić information content (AvgIpc) is 2.47. The van der Waals surface area contributed by atoms with Crippen LogP contribution in [0.4, 0.5) is 5.69 Å². The van der Waals surface area contributed by atoms with Crippen molar-refractivity contribution >= 4 is 11.6 Å². The number of carbonyl (C=O) groups excluding carboxylic acids is 1. The lowest BCUT2D eigenvalue weighted by molar-refractivity contribution is -0.116. The number of hydrogen-bond acceptors (Lipinski definition) is 2. The molecule has 2 aromatic carbocycles. The van der Waals surface area contributed by atoms with Gasteiger partial charge in [-0.25, -0.2) is 0 Å². The minimum Gasteiger partial charge on any atom is -0.508 e. The van der Waals surface area contributed by atoms with E-state index in [1.54, 1.807) is 12.1 Å². The molecule has 0 saturated heterocycles. The standard InChI is InChI=1S/C17H19NO2/c1-2-13-7-3-5-9-15(13)18-17(20)12-11-14-8-4-6-10-16(14)19/h3-10,19H,2,11-12H2,1H3,(H,18,20). The van der Waals surface area contributed by atoms with E-state index in [1.807, 2.05) is 36.4 Å². The first-order chi connectivity index (χ1) is 9.70. The van der Waals surface area contributed by atoms with Crippen molar-refractivity contribution in [3.05, 3.63) is 59.7 Å². The summed E-state index contributed by atoms with van der Waals surface area (Å²) in [4.78, 5) is 12.0. The highest BCUT2D eigenvalue weighted by molar-refractivity contribution is 5.91. The number of anilines is 1. The summed E-state index contributed by atoms with van der Waals surface area (Å²) in [7, 11) is 0. The van der Waals surface area contributed by atoms with Crippen molar-refractivity contribution in [1.82, 2.24) is 0 Å². The van der Waals surface area contributed by atoms with Crippen molar-refractivity contribution in [2.24, 2.45) is 0 Å². The molecule has 0 aliphatic rings. The third-order valence-corrected chi connectivity index (χ3v) is 3.29. The van der Waals surface area contributed by atoms with E-state index in [0.717, 1.165) is 23.2 Å². The Morgan fingerprint density at radius 1 is 1.05 bits per heavy atom. The number of aryl methyl sites for hydroxylation is 2. The largest absolute Gasteiger partial charge is 0.508 e. The molecule has 0 saturated carbocycles. The average molecular weight is 269 g/mol. The maximum absolute atomic E-state index is 12.0. The normalized spacial score (nSPS) is 10.2. The summed E-state index contributed by atoms with van der Waals surface area (Å²) in [6.07, 6.45) is 1.78. The number of hydrogen-bond donors (Lipinski definition) is 2. The fourth-order valence-corrected chi connectivity index (χ4v) is 2.13.